The smallest absolute Gasteiger partial charge is 0.115 e. The summed E-state index contributed by atoms with van der Waals surface area (Å²) >= 11 is 0. The molecule has 2 heteroatoms. The van der Waals surface area contributed by atoms with Gasteiger partial charge in [-0.05, 0) is 17.4 Å². The first-order valence-corrected chi connectivity index (χ1v) is 5.92. The van der Waals surface area contributed by atoms with Crippen LogP contribution in [0.15, 0.2) is 18.7 Å². The molecule has 15 heavy (non-hydrogen) atoms. The summed E-state index contributed by atoms with van der Waals surface area (Å²) in [5.41, 5.74) is 1.47. The number of nitrogens with zero attached hydrogens (tertiary/aromatic N) is 2. The molecule has 0 saturated carbocycles. The summed E-state index contributed by atoms with van der Waals surface area (Å²) < 4.78 is 0. The highest BCUT2D eigenvalue weighted by Gasteiger charge is 2.20. The second kappa shape index (κ2) is 5.84. The molecule has 0 fully saturated rings. The maximum atomic E-state index is 4.08. The van der Waals surface area contributed by atoms with Gasteiger partial charge in [0.15, 0.2) is 0 Å². The third kappa shape index (κ3) is 3.98. The first-order chi connectivity index (χ1) is 7.17. The molecule has 0 N–H and O–H groups in total. The third-order valence-corrected chi connectivity index (χ3v) is 3.00. The van der Waals surface area contributed by atoms with Crippen LogP contribution in [0.4, 0.5) is 0 Å². The normalized spacial score (nSPS) is 11.7. The average molecular weight is 206 g/mol. The molecule has 0 aliphatic heterocycles. The number of hydrogen-bond acceptors (Lipinski definition) is 2. The van der Waals surface area contributed by atoms with Gasteiger partial charge >= 0.3 is 0 Å². The van der Waals surface area contributed by atoms with Crippen molar-refractivity contribution < 1.29 is 0 Å². The fourth-order valence-electron chi connectivity index (χ4n) is 1.79. The van der Waals surface area contributed by atoms with E-state index in [0.29, 0.717) is 0 Å². The number of unbranched alkanes of at least 4 members (excludes halogenated alkanes) is 3. The Labute approximate surface area is 93.2 Å². The molecule has 0 aliphatic rings. The second-order valence-electron chi connectivity index (χ2n) is 4.82. The Kier molecular flexibility index (Phi) is 4.73. The molecule has 1 aromatic heterocycles. The first-order valence-electron chi connectivity index (χ1n) is 5.92. The molecule has 0 spiro atoms. The van der Waals surface area contributed by atoms with Crippen LogP contribution in [-0.2, 0) is 5.41 Å². The first kappa shape index (κ1) is 12.2. The van der Waals surface area contributed by atoms with Gasteiger partial charge in [-0.1, -0.05) is 46.5 Å². The van der Waals surface area contributed by atoms with Crippen LogP contribution in [0.2, 0.25) is 0 Å². The van der Waals surface area contributed by atoms with Crippen LogP contribution in [0.5, 0.6) is 0 Å². The lowest BCUT2D eigenvalue weighted by Crippen LogP contribution is -2.17. The summed E-state index contributed by atoms with van der Waals surface area (Å²) in [6, 6.07) is 0. The fraction of sp³-hybridized carbons (Fsp3) is 0.692. The summed E-state index contributed by atoms with van der Waals surface area (Å²) in [6.45, 7) is 6.80. The van der Waals surface area contributed by atoms with E-state index in [2.05, 4.69) is 30.7 Å². The van der Waals surface area contributed by atoms with E-state index in [-0.39, 0.29) is 5.41 Å². The van der Waals surface area contributed by atoms with E-state index in [9.17, 15) is 0 Å². The standard InChI is InChI=1S/C13H22N2/c1-4-5-6-7-8-13(2,3)12-9-14-11-15-10-12/h9-11H,4-8H2,1-3H3. The molecule has 0 radical (unpaired) electrons. The topological polar surface area (TPSA) is 25.8 Å². The van der Waals surface area contributed by atoms with Crippen molar-refractivity contribution in [1.82, 2.24) is 9.97 Å². The van der Waals surface area contributed by atoms with Crippen molar-refractivity contribution in [2.24, 2.45) is 0 Å². The summed E-state index contributed by atoms with van der Waals surface area (Å²) in [7, 11) is 0. The van der Waals surface area contributed by atoms with Crippen molar-refractivity contribution in [3.05, 3.63) is 24.3 Å². The summed E-state index contributed by atoms with van der Waals surface area (Å²) in [5.74, 6) is 0. The third-order valence-electron chi connectivity index (χ3n) is 3.00. The minimum absolute atomic E-state index is 0.217. The fourth-order valence-corrected chi connectivity index (χ4v) is 1.79. The van der Waals surface area contributed by atoms with Crippen LogP contribution >= 0.6 is 0 Å². The zero-order chi connectivity index (χ0) is 11.1. The lowest BCUT2D eigenvalue weighted by Gasteiger charge is -2.24. The van der Waals surface area contributed by atoms with Crippen molar-refractivity contribution >= 4 is 0 Å². The van der Waals surface area contributed by atoms with Crippen molar-refractivity contribution in [2.75, 3.05) is 0 Å². The van der Waals surface area contributed by atoms with E-state index in [4.69, 9.17) is 0 Å². The quantitative estimate of drug-likeness (QED) is 0.663. The van der Waals surface area contributed by atoms with Gasteiger partial charge in [0, 0.05) is 12.4 Å². The number of hydrogen-bond donors (Lipinski definition) is 0. The lowest BCUT2D eigenvalue weighted by molar-refractivity contribution is 0.443. The Morgan fingerprint density at radius 3 is 2.33 bits per heavy atom. The molecule has 0 saturated heterocycles. The maximum Gasteiger partial charge on any atom is 0.115 e. The molecule has 84 valence electrons. The predicted octanol–water partition coefficient (Wildman–Crippen LogP) is 3.72. The molecule has 0 bridgehead atoms. The Bertz CT molecular complexity index is 267. The minimum atomic E-state index is 0.217. The second-order valence-corrected chi connectivity index (χ2v) is 4.82. The molecular weight excluding hydrogens is 184 g/mol. The molecule has 0 amide bonds. The molecule has 0 aliphatic carbocycles. The van der Waals surface area contributed by atoms with Crippen LogP contribution in [0.1, 0.15) is 58.4 Å². The predicted molar refractivity (Wildman–Crippen MR) is 63.8 cm³/mol. The van der Waals surface area contributed by atoms with Gasteiger partial charge < -0.3 is 0 Å². The molecule has 0 aromatic carbocycles. The Morgan fingerprint density at radius 2 is 1.73 bits per heavy atom. The van der Waals surface area contributed by atoms with Crippen LogP contribution in [0.3, 0.4) is 0 Å². The SMILES string of the molecule is CCCCCCC(C)(C)c1cncnc1. The molecule has 1 aromatic rings. The van der Waals surface area contributed by atoms with Crippen LogP contribution < -0.4 is 0 Å². The lowest BCUT2D eigenvalue weighted by atomic mass is 9.81. The van der Waals surface area contributed by atoms with Gasteiger partial charge in [-0.3, -0.25) is 0 Å². The van der Waals surface area contributed by atoms with Crippen LogP contribution in [0, 0.1) is 0 Å². The van der Waals surface area contributed by atoms with E-state index in [1.807, 2.05) is 12.4 Å². The zero-order valence-corrected chi connectivity index (χ0v) is 10.2. The number of aromatic nitrogens is 2. The minimum Gasteiger partial charge on any atom is -0.245 e. The van der Waals surface area contributed by atoms with Gasteiger partial charge in [0.1, 0.15) is 6.33 Å². The van der Waals surface area contributed by atoms with Gasteiger partial charge in [-0.2, -0.15) is 0 Å². The highest BCUT2D eigenvalue weighted by molar-refractivity contribution is 5.15. The van der Waals surface area contributed by atoms with Crippen LogP contribution in [-0.4, -0.2) is 9.97 Å². The number of rotatable bonds is 6. The summed E-state index contributed by atoms with van der Waals surface area (Å²) in [4.78, 5) is 8.17. The van der Waals surface area contributed by atoms with E-state index >= 15 is 0 Å². The monoisotopic (exact) mass is 206 g/mol. The van der Waals surface area contributed by atoms with Gasteiger partial charge in [0.2, 0.25) is 0 Å². The molecule has 1 heterocycles. The Morgan fingerprint density at radius 1 is 1.07 bits per heavy atom. The van der Waals surface area contributed by atoms with E-state index in [1.165, 1.54) is 37.7 Å². The maximum absolute atomic E-state index is 4.08. The molecular formula is C13H22N2. The van der Waals surface area contributed by atoms with Crippen molar-refractivity contribution in [3.8, 4) is 0 Å². The van der Waals surface area contributed by atoms with Gasteiger partial charge in [-0.25, -0.2) is 9.97 Å². The van der Waals surface area contributed by atoms with Gasteiger partial charge in [0.25, 0.3) is 0 Å². The molecule has 0 atom stereocenters. The molecule has 2 nitrogen and oxygen atoms in total. The van der Waals surface area contributed by atoms with Crippen molar-refractivity contribution in [3.63, 3.8) is 0 Å². The highest BCUT2D eigenvalue weighted by Crippen LogP contribution is 2.28. The van der Waals surface area contributed by atoms with E-state index in [0.717, 1.165) is 0 Å². The summed E-state index contributed by atoms with van der Waals surface area (Å²) in [6.07, 6.45) is 12.0. The van der Waals surface area contributed by atoms with Crippen molar-refractivity contribution in [1.29, 1.82) is 0 Å². The van der Waals surface area contributed by atoms with Crippen molar-refractivity contribution in [2.45, 2.75) is 58.3 Å². The van der Waals surface area contributed by atoms with E-state index < -0.39 is 0 Å². The highest BCUT2D eigenvalue weighted by atomic mass is 14.8. The van der Waals surface area contributed by atoms with E-state index in [1.54, 1.807) is 6.33 Å². The molecule has 0 unspecified atom stereocenters. The molecule has 1 rings (SSSR count). The Balaban J connectivity index is 2.45. The summed E-state index contributed by atoms with van der Waals surface area (Å²) in [5, 5.41) is 0. The largest absolute Gasteiger partial charge is 0.245 e. The van der Waals surface area contributed by atoms with Crippen LogP contribution in [0.25, 0.3) is 0 Å². The van der Waals surface area contributed by atoms with Gasteiger partial charge in [0.05, 0.1) is 0 Å². The zero-order valence-electron chi connectivity index (χ0n) is 10.2. The Hall–Kier alpha value is -0.920. The average Bonchev–Trinajstić information content (AvgIpc) is 2.26. The van der Waals surface area contributed by atoms with Gasteiger partial charge in [-0.15, -0.1) is 0 Å².